The van der Waals surface area contributed by atoms with Gasteiger partial charge in [-0.25, -0.2) is 4.79 Å². The Morgan fingerprint density at radius 2 is 2.00 bits per heavy atom. The van der Waals surface area contributed by atoms with E-state index in [-0.39, 0.29) is 18.1 Å². The molecule has 2 heterocycles. The zero-order valence-electron chi connectivity index (χ0n) is 14.5. The fourth-order valence-electron chi connectivity index (χ4n) is 3.02. The molecule has 4 aromatic rings. The molecular formula is C20H17N3O4. The number of para-hydroxylation sites is 1. The molecule has 0 saturated heterocycles. The average Bonchev–Trinajstić information content (AvgIpc) is 3.04. The number of amides is 2. The number of nitrogens with one attached hydrogen (secondary N) is 3. The molecule has 4 rings (SSSR count). The number of benzene rings is 2. The molecule has 2 amide bonds. The number of urea groups is 1. The third kappa shape index (κ3) is 3.22. The lowest BCUT2D eigenvalue weighted by Gasteiger charge is -2.08. The number of aromatic nitrogens is 1. The van der Waals surface area contributed by atoms with Crippen molar-refractivity contribution in [3.05, 3.63) is 70.8 Å². The van der Waals surface area contributed by atoms with Gasteiger partial charge in [0.1, 0.15) is 5.58 Å². The summed E-state index contributed by atoms with van der Waals surface area (Å²) in [4.78, 5) is 26.6. The normalized spacial score (nSPS) is 10.9. The number of furan rings is 1. The monoisotopic (exact) mass is 363 g/mol. The van der Waals surface area contributed by atoms with Gasteiger partial charge in [0.25, 0.3) is 5.56 Å². The first-order chi connectivity index (χ1) is 13.2. The van der Waals surface area contributed by atoms with Crippen LogP contribution in [0.4, 0.5) is 10.5 Å². The second-order valence-corrected chi connectivity index (χ2v) is 5.97. The van der Waals surface area contributed by atoms with Crippen molar-refractivity contribution in [3.63, 3.8) is 0 Å². The summed E-state index contributed by atoms with van der Waals surface area (Å²) in [5.74, 6) is 1.15. The van der Waals surface area contributed by atoms with Gasteiger partial charge in [0.15, 0.2) is 11.5 Å². The topological polar surface area (TPSA) is 96.4 Å². The second-order valence-electron chi connectivity index (χ2n) is 5.97. The molecule has 7 heteroatoms. The molecule has 0 aliphatic carbocycles. The van der Waals surface area contributed by atoms with Crippen molar-refractivity contribution in [1.82, 2.24) is 10.3 Å². The van der Waals surface area contributed by atoms with Crippen molar-refractivity contribution in [2.45, 2.75) is 6.54 Å². The van der Waals surface area contributed by atoms with Crippen molar-refractivity contribution in [3.8, 4) is 5.75 Å². The highest BCUT2D eigenvalue weighted by atomic mass is 16.5. The molecule has 0 atom stereocenters. The average molecular weight is 363 g/mol. The van der Waals surface area contributed by atoms with Gasteiger partial charge >= 0.3 is 6.03 Å². The molecular weight excluding hydrogens is 346 g/mol. The van der Waals surface area contributed by atoms with Crippen LogP contribution in [0.5, 0.6) is 5.75 Å². The maximum Gasteiger partial charge on any atom is 0.319 e. The number of aromatic amines is 1. The predicted octanol–water partition coefficient (Wildman–Crippen LogP) is 3.60. The molecule has 0 fully saturated rings. The highest BCUT2D eigenvalue weighted by Crippen LogP contribution is 2.32. The molecule has 0 aliphatic rings. The molecule has 27 heavy (non-hydrogen) atoms. The highest BCUT2D eigenvalue weighted by molar-refractivity contribution is 5.93. The van der Waals surface area contributed by atoms with Gasteiger partial charge in [-0.3, -0.25) is 4.79 Å². The lowest BCUT2D eigenvalue weighted by atomic mass is 10.1. The smallest absolute Gasteiger partial charge is 0.319 e. The summed E-state index contributed by atoms with van der Waals surface area (Å²) in [5.41, 5.74) is 1.12. The van der Waals surface area contributed by atoms with Crippen LogP contribution in [0.25, 0.3) is 21.7 Å². The van der Waals surface area contributed by atoms with E-state index < -0.39 is 0 Å². The van der Waals surface area contributed by atoms with Crippen LogP contribution >= 0.6 is 0 Å². The van der Waals surface area contributed by atoms with Crippen LogP contribution < -0.4 is 20.9 Å². The number of rotatable bonds is 4. The number of anilines is 1. The Labute approximate surface area is 153 Å². The SMILES string of the molecule is COc1c(CNC(=O)Nc2ccc3c(=O)[nH]ccc3c2)oc2ccccc12. The molecule has 0 spiro atoms. The molecule has 2 aromatic heterocycles. The van der Waals surface area contributed by atoms with Gasteiger partial charge in [0.2, 0.25) is 0 Å². The summed E-state index contributed by atoms with van der Waals surface area (Å²) in [6.45, 7) is 0.178. The van der Waals surface area contributed by atoms with Crippen molar-refractivity contribution in [1.29, 1.82) is 0 Å². The summed E-state index contributed by atoms with van der Waals surface area (Å²) in [5, 5.41) is 7.67. The number of hydrogen-bond acceptors (Lipinski definition) is 4. The molecule has 0 saturated carbocycles. The number of hydrogen-bond donors (Lipinski definition) is 3. The van der Waals surface area contributed by atoms with E-state index in [9.17, 15) is 9.59 Å². The molecule has 7 nitrogen and oxygen atoms in total. The lowest BCUT2D eigenvalue weighted by Crippen LogP contribution is -2.28. The first-order valence-electron chi connectivity index (χ1n) is 8.36. The fraction of sp³-hybridized carbons (Fsp3) is 0.100. The van der Waals surface area contributed by atoms with E-state index >= 15 is 0 Å². The zero-order valence-corrected chi connectivity index (χ0v) is 14.5. The number of pyridine rings is 1. The molecule has 136 valence electrons. The molecule has 3 N–H and O–H groups in total. The highest BCUT2D eigenvalue weighted by Gasteiger charge is 2.15. The van der Waals surface area contributed by atoms with Crippen molar-refractivity contribution in [2.24, 2.45) is 0 Å². The van der Waals surface area contributed by atoms with E-state index in [1.807, 2.05) is 24.3 Å². The third-order valence-corrected chi connectivity index (χ3v) is 4.26. The van der Waals surface area contributed by atoms with E-state index in [1.54, 1.807) is 37.6 Å². The largest absolute Gasteiger partial charge is 0.492 e. The molecule has 0 radical (unpaired) electrons. The van der Waals surface area contributed by atoms with Gasteiger partial charge in [-0.2, -0.15) is 0 Å². The minimum atomic E-state index is -0.387. The number of methoxy groups -OCH3 is 1. The van der Waals surface area contributed by atoms with Crippen LogP contribution in [0.2, 0.25) is 0 Å². The van der Waals surface area contributed by atoms with Gasteiger partial charge in [0.05, 0.1) is 19.0 Å². The Balaban J connectivity index is 1.48. The van der Waals surface area contributed by atoms with E-state index in [1.165, 1.54) is 0 Å². The van der Waals surface area contributed by atoms with Crippen LogP contribution in [0.3, 0.4) is 0 Å². The van der Waals surface area contributed by atoms with Crippen LogP contribution in [-0.2, 0) is 6.54 Å². The number of fused-ring (bicyclic) bond motifs is 2. The van der Waals surface area contributed by atoms with Gasteiger partial charge in [-0.1, -0.05) is 12.1 Å². The first-order valence-corrected chi connectivity index (χ1v) is 8.36. The number of carbonyl (C=O) groups excluding carboxylic acids is 1. The standard InChI is InChI=1S/C20H17N3O4/c1-26-18-15-4-2-3-5-16(15)27-17(18)11-22-20(25)23-13-6-7-14-12(10-13)8-9-21-19(14)24/h2-10H,11H2,1H3,(H,21,24)(H2,22,23,25). The van der Waals surface area contributed by atoms with E-state index in [4.69, 9.17) is 9.15 Å². The maximum atomic E-state index is 12.2. The van der Waals surface area contributed by atoms with Gasteiger partial charge < -0.3 is 24.8 Å². The van der Waals surface area contributed by atoms with Crippen LogP contribution in [0.15, 0.2) is 63.9 Å². The Morgan fingerprint density at radius 3 is 2.85 bits per heavy atom. The Hall–Kier alpha value is -3.74. The van der Waals surface area contributed by atoms with E-state index in [2.05, 4.69) is 15.6 Å². The fourth-order valence-corrected chi connectivity index (χ4v) is 3.02. The summed E-state index contributed by atoms with van der Waals surface area (Å²) in [7, 11) is 1.57. The minimum Gasteiger partial charge on any atom is -0.492 e. The van der Waals surface area contributed by atoms with Crippen molar-refractivity contribution in [2.75, 3.05) is 12.4 Å². The van der Waals surface area contributed by atoms with Crippen LogP contribution in [-0.4, -0.2) is 18.1 Å². The predicted molar refractivity (Wildman–Crippen MR) is 103 cm³/mol. The first kappa shape index (κ1) is 16.7. The van der Waals surface area contributed by atoms with Gasteiger partial charge in [-0.15, -0.1) is 0 Å². The molecule has 0 bridgehead atoms. The Morgan fingerprint density at radius 1 is 1.15 bits per heavy atom. The quantitative estimate of drug-likeness (QED) is 0.516. The van der Waals surface area contributed by atoms with Crippen molar-refractivity contribution >= 4 is 33.5 Å². The Bertz CT molecular complexity index is 1190. The molecule has 0 unspecified atom stereocenters. The molecule has 0 aliphatic heterocycles. The van der Waals surface area contributed by atoms with Crippen LogP contribution in [0, 0.1) is 0 Å². The maximum absolute atomic E-state index is 12.2. The van der Waals surface area contributed by atoms with Gasteiger partial charge in [0, 0.05) is 17.3 Å². The van der Waals surface area contributed by atoms with E-state index in [0.29, 0.717) is 28.2 Å². The van der Waals surface area contributed by atoms with Gasteiger partial charge in [-0.05, 0) is 41.8 Å². The summed E-state index contributed by atoms with van der Waals surface area (Å²) < 4.78 is 11.2. The summed E-state index contributed by atoms with van der Waals surface area (Å²) in [6.07, 6.45) is 1.57. The number of ether oxygens (including phenoxy) is 1. The summed E-state index contributed by atoms with van der Waals surface area (Å²) in [6, 6.07) is 14.0. The number of carbonyl (C=O) groups is 1. The molecule has 2 aromatic carbocycles. The van der Waals surface area contributed by atoms with Crippen LogP contribution in [0.1, 0.15) is 5.76 Å². The van der Waals surface area contributed by atoms with E-state index in [0.717, 1.165) is 10.8 Å². The minimum absolute atomic E-state index is 0.166. The van der Waals surface area contributed by atoms with Crippen molar-refractivity contribution < 1.29 is 13.9 Å². The number of H-pyrrole nitrogens is 1. The lowest BCUT2D eigenvalue weighted by molar-refractivity contribution is 0.250. The third-order valence-electron chi connectivity index (χ3n) is 4.26. The summed E-state index contributed by atoms with van der Waals surface area (Å²) >= 11 is 0. The Kier molecular flexibility index (Phi) is 4.25. The zero-order chi connectivity index (χ0) is 18.8. The second kappa shape index (κ2) is 6.87.